The van der Waals surface area contributed by atoms with Gasteiger partial charge >= 0.3 is 18.1 Å². The number of aromatic carboxylic acids is 1. The maximum Gasteiger partial charge on any atom is 0.436 e. The smallest absolute Gasteiger partial charge is 0.436 e. The number of alkyl halides is 4. The maximum absolute atomic E-state index is 15.3. The van der Waals surface area contributed by atoms with Crippen LogP contribution in [-0.4, -0.2) is 82.9 Å². The Morgan fingerprint density at radius 1 is 1.15 bits per heavy atom. The largest absolute Gasteiger partial charge is 0.477 e. The molecule has 1 aromatic carbocycles. The average molecular weight is 577 g/mol. The summed E-state index contributed by atoms with van der Waals surface area (Å²) in [5.41, 5.74) is -4.53. The summed E-state index contributed by atoms with van der Waals surface area (Å²) in [4.78, 5) is 51.0. The highest BCUT2D eigenvalue weighted by molar-refractivity contribution is 6.27. The third-order valence-electron chi connectivity index (χ3n) is 6.79. The Morgan fingerprint density at radius 2 is 1.79 bits per heavy atom. The Hall–Kier alpha value is -3.39. The number of fused-ring (bicyclic) bond motifs is 1. The van der Waals surface area contributed by atoms with Crippen LogP contribution in [0.15, 0.2) is 23.1 Å². The first-order valence-corrected chi connectivity index (χ1v) is 12.6. The van der Waals surface area contributed by atoms with Crippen LogP contribution in [0.2, 0.25) is 0 Å². The standard InChI is InChI=1S/C24H25ClF4N4O6/c1-2-39-22(38)23(24(27,28)29,30-19(34)11-25)32-7-5-31(6-8-32)18-10-17-14(9-16(18)26)20(35)15(21(36)37)12-33(17)13-3-4-13/h9-10,12-13H,2-8,11H2,1H3,(H,30,34)(H,36,37). The number of carboxylic acid groups (broad SMARTS) is 1. The van der Waals surface area contributed by atoms with Crippen molar-refractivity contribution in [3.8, 4) is 0 Å². The van der Waals surface area contributed by atoms with Gasteiger partial charge in [0.05, 0.1) is 17.8 Å². The van der Waals surface area contributed by atoms with E-state index < -0.39 is 65.5 Å². The lowest BCUT2D eigenvalue weighted by Gasteiger charge is -2.46. The van der Waals surface area contributed by atoms with Crippen LogP contribution in [0.25, 0.3) is 10.9 Å². The Bertz CT molecular complexity index is 1370. The van der Waals surface area contributed by atoms with Gasteiger partial charge in [0.25, 0.3) is 5.66 Å². The number of aromatic nitrogens is 1. The fraction of sp³-hybridized carbons (Fsp3) is 0.500. The normalized spacial score (nSPS) is 18.1. The Balaban J connectivity index is 1.69. The van der Waals surface area contributed by atoms with Gasteiger partial charge in [0.2, 0.25) is 11.3 Å². The molecule has 4 rings (SSSR count). The minimum absolute atomic E-state index is 0.00226. The number of anilines is 1. The molecular weight excluding hydrogens is 552 g/mol. The zero-order valence-electron chi connectivity index (χ0n) is 20.7. The van der Waals surface area contributed by atoms with Crippen LogP contribution < -0.4 is 15.6 Å². The Labute approximate surface area is 224 Å². The van der Waals surface area contributed by atoms with E-state index in [0.29, 0.717) is 10.4 Å². The molecule has 1 aliphatic heterocycles. The van der Waals surface area contributed by atoms with Crippen LogP contribution in [-0.2, 0) is 14.3 Å². The number of carbonyl (C=O) groups excluding carboxylic acids is 2. The molecule has 1 amide bonds. The molecule has 2 aliphatic rings. The molecule has 1 atom stereocenters. The number of benzene rings is 1. The maximum atomic E-state index is 15.3. The molecule has 1 unspecified atom stereocenters. The number of esters is 1. The molecule has 2 aromatic rings. The first kappa shape index (κ1) is 28.6. The third-order valence-corrected chi connectivity index (χ3v) is 7.03. The van der Waals surface area contributed by atoms with Crippen molar-refractivity contribution < 1.29 is 41.8 Å². The van der Waals surface area contributed by atoms with Crippen molar-refractivity contribution >= 4 is 46.0 Å². The number of amides is 1. The monoisotopic (exact) mass is 576 g/mol. The summed E-state index contributed by atoms with van der Waals surface area (Å²) in [5.74, 6) is -6.08. The molecule has 1 saturated heterocycles. The first-order valence-electron chi connectivity index (χ1n) is 12.1. The number of hydrogen-bond donors (Lipinski definition) is 2. The number of nitrogens with zero attached hydrogens (tertiary/aromatic N) is 3. The molecule has 1 saturated carbocycles. The SMILES string of the molecule is CCOC(=O)C(NC(=O)CCl)(N1CCN(c2cc3c(cc2F)c(=O)c(C(=O)O)cn3C2CC2)CC1)C(F)(F)F. The van der Waals surface area contributed by atoms with E-state index >= 15 is 4.39 Å². The number of pyridine rings is 1. The lowest BCUT2D eigenvalue weighted by Crippen LogP contribution is -2.76. The fourth-order valence-electron chi connectivity index (χ4n) is 4.79. The van der Waals surface area contributed by atoms with Crippen LogP contribution in [0.1, 0.15) is 36.2 Å². The van der Waals surface area contributed by atoms with Gasteiger partial charge in [-0.2, -0.15) is 13.2 Å². The molecule has 212 valence electrons. The molecule has 0 radical (unpaired) electrons. The van der Waals surface area contributed by atoms with E-state index in [9.17, 15) is 37.5 Å². The molecule has 1 aliphatic carbocycles. The molecule has 10 nitrogen and oxygen atoms in total. The van der Waals surface area contributed by atoms with Gasteiger partial charge in [-0.05, 0) is 31.9 Å². The molecule has 0 bridgehead atoms. The van der Waals surface area contributed by atoms with Gasteiger partial charge in [-0.1, -0.05) is 0 Å². The second kappa shape index (κ2) is 10.6. The lowest BCUT2D eigenvalue weighted by atomic mass is 10.0. The van der Waals surface area contributed by atoms with Crippen molar-refractivity contribution in [2.75, 3.05) is 43.6 Å². The van der Waals surface area contributed by atoms with Crippen LogP contribution >= 0.6 is 11.6 Å². The number of nitrogens with one attached hydrogen (secondary N) is 1. The number of hydrogen-bond acceptors (Lipinski definition) is 7. The van der Waals surface area contributed by atoms with Crippen molar-refractivity contribution in [1.29, 1.82) is 0 Å². The molecule has 2 N–H and O–H groups in total. The molecular formula is C24H25ClF4N4O6. The van der Waals surface area contributed by atoms with Crippen molar-refractivity contribution in [3.63, 3.8) is 0 Å². The third kappa shape index (κ3) is 5.14. The van der Waals surface area contributed by atoms with E-state index in [-0.39, 0.29) is 36.8 Å². The highest BCUT2D eigenvalue weighted by Gasteiger charge is 2.66. The van der Waals surface area contributed by atoms with E-state index in [1.54, 1.807) is 9.88 Å². The predicted molar refractivity (Wildman–Crippen MR) is 131 cm³/mol. The predicted octanol–water partition coefficient (Wildman–Crippen LogP) is 2.47. The lowest BCUT2D eigenvalue weighted by molar-refractivity contribution is -0.250. The molecule has 2 heterocycles. The number of rotatable bonds is 8. The summed E-state index contributed by atoms with van der Waals surface area (Å²) in [7, 11) is 0. The number of ether oxygens (including phenoxy) is 1. The average Bonchev–Trinajstić information content (AvgIpc) is 3.72. The first-order chi connectivity index (χ1) is 18.3. The Morgan fingerprint density at radius 3 is 2.31 bits per heavy atom. The van der Waals surface area contributed by atoms with Gasteiger partial charge in [0.1, 0.15) is 17.3 Å². The fourth-order valence-corrected chi connectivity index (χ4v) is 4.85. The zero-order valence-corrected chi connectivity index (χ0v) is 21.4. The summed E-state index contributed by atoms with van der Waals surface area (Å²) >= 11 is 5.42. The van der Waals surface area contributed by atoms with Gasteiger partial charge < -0.3 is 24.6 Å². The van der Waals surface area contributed by atoms with Gasteiger partial charge in [-0.3, -0.25) is 14.5 Å². The molecule has 0 spiro atoms. The summed E-state index contributed by atoms with van der Waals surface area (Å²) in [6.45, 7) is -0.266. The van der Waals surface area contributed by atoms with Gasteiger partial charge in [0.15, 0.2) is 0 Å². The topological polar surface area (TPSA) is 121 Å². The van der Waals surface area contributed by atoms with Gasteiger partial charge in [-0.15, -0.1) is 11.6 Å². The van der Waals surface area contributed by atoms with E-state index in [0.717, 1.165) is 18.9 Å². The number of halogens is 5. The van der Waals surface area contributed by atoms with Crippen molar-refractivity contribution in [1.82, 2.24) is 14.8 Å². The van der Waals surface area contributed by atoms with E-state index in [4.69, 9.17) is 11.6 Å². The highest BCUT2D eigenvalue weighted by atomic mass is 35.5. The number of carboxylic acids is 1. The van der Waals surface area contributed by atoms with Crippen molar-refractivity contribution in [2.45, 2.75) is 37.6 Å². The summed E-state index contributed by atoms with van der Waals surface area (Å²) < 4.78 is 64.7. The second-order valence-corrected chi connectivity index (χ2v) is 9.49. The van der Waals surface area contributed by atoms with Crippen molar-refractivity contribution in [2.24, 2.45) is 0 Å². The molecule has 15 heteroatoms. The second-order valence-electron chi connectivity index (χ2n) is 9.22. The molecule has 1 aromatic heterocycles. The van der Waals surface area contributed by atoms with Crippen LogP contribution in [0.3, 0.4) is 0 Å². The van der Waals surface area contributed by atoms with Gasteiger partial charge in [-0.25, -0.2) is 14.0 Å². The van der Waals surface area contributed by atoms with Crippen LogP contribution in [0.5, 0.6) is 0 Å². The van der Waals surface area contributed by atoms with Gasteiger partial charge in [0, 0.05) is 43.8 Å². The minimum atomic E-state index is -5.28. The number of carbonyl (C=O) groups is 3. The van der Waals surface area contributed by atoms with E-state index in [1.807, 2.05) is 0 Å². The number of piperazine rings is 1. The minimum Gasteiger partial charge on any atom is -0.477 e. The van der Waals surface area contributed by atoms with E-state index in [2.05, 4.69) is 4.74 Å². The van der Waals surface area contributed by atoms with Crippen molar-refractivity contribution in [3.05, 3.63) is 39.9 Å². The highest BCUT2D eigenvalue weighted by Crippen LogP contribution is 2.39. The van der Waals surface area contributed by atoms with Crippen LogP contribution in [0.4, 0.5) is 23.2 Å². The quantitative estimate of drug-likeness (QED) is 0.279. The molecule has 39 heavy (non-hydrogen) atoms. The van der Waals surface area contributed by atoms with Crippen LogP contribution in [0, 0.1) is 5.82 Å². The molecule has 2 fully saturated rings. The summed E-state index contributed by atoms with van der Waals surface area (Å²) in [6.07, 6.45) is -2.58. The summed E-state index contributed by atoms with van der Waals surface area (Å²) in [5, 5.41) is 11.0. The van der Waals surface area contributed by atoms with E-state index in [1.165, 1.54) is 24.1 Å². The zero-order chi connectivity index (χ0) is 28.7. The summed E-state index contributed by atoms with van der Waals surface area (Å²) in [6, 6.07) is 2.25. The Kier molecular flexibility index (Phi) is 7.81.